The van der Waals surface area contributed by atoms with Gasteiger partial charge in [0.05, 0.1) is 12.3 Å². The maximum Gasteiger partial charge on any atom is 0.343 e. The molecule has 0 aliphatic heterocycles. The van der Waals surface area contributed by atoms with Gasteiger partial charge in [0.15, 0.2) is 0 Å². The van der Waals surface area contributed by atoms with E-state index < -0.39 is 5.97 Å². The summed E-state index contributed by atoms with van der Waals surface area (Å²) in [5.41, 5.74) is 1.21. The first-order valence-corrected chi connectivity index (χ1v) is 5.67. The Labute approximate surface area is 109 Å². The molecule has 19 heavy (non-hydrogen) atoms. The number of aliphatic hydroxyl groups excluding tert-OH is 1. The minimum absolute atomic E-state index is 0.0498. The Morgan fingerprint density at radius 2 is 2.00 bits per heavy atom. The van der Waals surface area contributed by atoms with E-state index in [4.69, 9.17) is 14.9 Å². The van der Waals surface area contributed by atoms with Crippen LogP contribution in [0.4, 0.5) is 0 Å². The van der Waals surface area contributed by atoms with Crippen LogP contribution < -0.4 is 4.74 Å². The number of hydrogen-bond donors (Lipinski definition) is 2. The Bertz CT molecular complexity index is 602. The van der Waals surface area contributed by atoms with Crippen LogP contribution in [0, 0.1) is 6.92 Å². The Morgan fingerprint density at radius 1 is 1.37 bits per heavy atom. The molecule has 0 radical (unpaired) electrons. The second-order valence-corrected chi connectivity index (χ2v) is 4.10. The summed E-state index contributed by atoms with van der Waals surface area (Å²) in [6.45, 7) is 1.57. The van der Waals surface area contributed by atoms with Crippen molar-refractivity contribution < 1.29 is 19.7 Å². The number of carboxylic acid groups (broad SMARTS) is 1. The monoisotopic (exact) mass is 262 g/mol. The summed E-state index contributed by atoms with van der Waals surface area (Å²) in [7, 11) is 1.62. The van der Waals surface area contributed by atoms with E-state index in [-0.39, 0.29) is 18.1 Å². The molecule has 0 unspecified atom stereocenters. The van der Waals surface area contributed by atoms with E-state index >= 15 is 0 Å². The van der Waals surface area contributed by atoms with Crippen molar-refractivity contribution >= 4 is 5.97 Å². The fourth-order valence-electron chi connectivity index (χ4n) is 1.77. The number of nitrogens with zero attached hydrogens (tertiary/aromatic N) is 2. The number of carbonyl (C=O) groups is 1. The van der Waals surface area contributed by atoms with Crippen molar-refractivity contribution in [2.45, 2.75) is 13.5 Å². The number of ether oxygens (including phenoxy) is 1. The molecule has 0 spiro atoms. The second-order valence-electron chi connectivity index (χ2n) is 4.10. The van der Waals surface area contributed by atoms with Gasteiger partial charge in [-0.05, 0) is 24.6 Å². The van der Waals surface area contributed by atoms with Gasteiger partial charge in [0, 0.05) is 7.05 Å². The number of carboxylic acids is 1. The average molecular weight is 262 g/mol. The van der Waals surface area contributed by atoms with Gasteiger partial charge in [-0.2, -0.15) is 5.10 Å². The third-order valence-electron chi connectivity index (χ3n) is 2.70. The molecule has 0 aliphatic carbocycles. The Balaban J connectivity index is 2.34. The molecular formula is C13H14N2O4. The largest absolute Gasteiger partial charge is 0.477 e. The van der Waals surface area contributed by atoms with Crippen LogP contribution in [0.25, 0.3) is 0 Å². The molecule has 6 heteroatoms. The minimum Gasteiger partial charge on any atom is -0.477 e. The lowest BCUT2D eigenvalue weighted by atomic mass is 10.2. The molecule has 0 saturated heterocycles. The van der Waals surface area contributed by atoms with Crippen LogP contribution >= 0.6 is 0 Å². The van der Waals surface area contributed by atoms with Crippen LogP contribution in [0.2, 0.25) is 0 Å². The quantitative estimate of drug-likeness (QED) is 0.876. The number of aryl methyl sites for hydroxylation is 2. The fourth-order valence-corrected chi connectivity index (χ4v) is 1.77. The van der Waals surface area contributed by atoms with Gasteiger partial charge in [0.2, 0.25) is 5.88 Å². The van der Waals surface area contributed by atoms with Gasteiger partial charge >= 0.3 is 5.97 Å². The molecule has 1 aromatic heterocycles. The lowest BCUT2D eigenvalue weighted by molar-refractivity contribution is 0.0693. The fraction of sp³-hybridized carbons (Fsp3) is 0.231. The van der Waals surface area contributed by atoms with E-state index in [2.05, 4.69) is 5.10 Å². The molecule has 2 rings (SSSR count). The van der Waals surface area contributed by atoms with Crippen molar-refractivity contribution in [2.24, 2.45) is 7.05 Å². The maximum atomic E-state index is 11.2. The zero-order chi connectivity index (χ0) is 14.0. The molecular weight excluding hydrogens is 248 g/mol. The van der Waals surface area contributed by atoms with Gasteiger partial charge < -0.3 is 14.9 Å². The molecule has 6 nitrogen and oxygen atoms in total. The van der Waals surface area contributed by atoms with E-state index in [0.29, 0.717) is 11.4 Å². The van der Waals surface area contributed by atoms with Gasteiger partial charge in [0.25, 0.3) is 0 Å². The summed E-state index contributed by atoms with van der Waals surface area (Å²) in [5.74, 6) is -0.406. The van der Waals surface area contributed by atoms with Crippen LogP contribution in [0.15, 0.2) is 24.3 Å². The lowest BCUT2D eigenvalue weighted by Crippen LogP contribution is -2.02. The number of aromatic nitrogens is 2. The maximum absolute atomic E-state index is 11.2. The Hall–Kier alpha value is -2.34. The van der Waals surface area contributed by atoms with Gasteiger partial charge in [-0.25, -0.2) is 9.48 Å². The summed E-state index contributed by atoms with van der Waals surface area (Å²) < 4.78 is 6.95. The minimum atomic E-state index is -1.08. The van der Waals surface area contributed by atoms with Crippen molar-refractivity contribution in [1.29, 1.82) is 0 Å². The highest BCUT2D eigenvalue weighted by molar-refractivity contribution is 5.91. The van der Waals surface area contributed by atoms with Gasteiger partial charge in [0.1, 0.15) is 11.3 Å². The average Bonchev–Trinajstić information content (AvgIpc) is 2.65. The van der Waals surface area contributed by atoms with Crippen molar-refractivity contribution in [2.75, 3.05) is 0 Å². The Morgan fingerprint density at radius 3 is 2.53 bits per heavy atom. The number of aromatic carboxylic acids is 1. The SMILES string of the molecule is Cc1nn(C)c(Oc2ccc(CO)cc2)c1C(=O)O. The molecule has 2 N–H and O–H groups in total. The third kappa shape index (κ3) is 2.58. The summed E-state index contributed by atoms with van der Waals surface area (Å²) >= 11 is 0. The summed E-state index contributed by atoms with van der Waals surface area (Å²) in [6.07, 6.45) is 0. The standard InChI is InChI=1S/C13H14N2O4/c1-8-11(13(17)18)12(15(2)14-8)19-10-5-3-9(7-16)4-6-10/h3-6,16H,7H2,1-2H3,(H,17,18). The number of hydrogen-bond acceptors (Lipinski definition) is 4. The topological polar surface area (TPSA) is 84.6 Å². The first kappa shape index (κ1) is 13.1. The van der Waals surface area contributed by atoms with Crippen LogP contribution in [-0.4, -0.2) is 26.0 Å². The predicted molar refractivity (Wildman–Crippen MR) is 67.3 cm³/mol. The molecule has 0 fully saturated rings. The first-order valence-electron chi connectivity index (χ1n) is 5.67. The molecule has 2 aromatic rings. The normalized spacial score (nSPS) is 10.5. The van der Waals surface area contributed by atoms with Gasteiger partial charge in [-0.15, -0.1) is 0 Å². The van der Waals surface area contributed by atoms with E-state index in [0.717, 1.165) is 5.56 Å². The van der Waals surface area contributed by atoms with E-state index in [1.54, 1.807) is 38.2 Å². The first-order chi connectivity index (χ1) is 9.02. The highest BCUT2D eigenvalue weighted by atomic mass is 16.5. The molecule has 0 amide bonds. The van der Waals surface area contributed by atoms with Crippen LogP contribution in [0.5, 0.6) is 11.6 Å². The number of aliphatic hydroxyl groups is 1. The smallest absolute Gasteiger partial charge is 0.343 e. The van der Waals surface area contributed by atoms with Crippen LogP contribution in [-0.2, 0) is 13.7 Å². The van der Waals surface area contributed by atoms with E-state index in [1.165, 1.54) is 4.68 Å². The Kier molecular flexibility index (Phi) is 3.52. The molecule has 0 saturated carbocycles. The predicted octanol–water partition coefficient (Wildman–Crippen LogP) is 1.71. The molecule has 100 valence electrons. The van der Waals surface area contributed by atoms with Crippen molar-refractivity contribution in [3.63, 3.8) is 0 Å². The van der Waals surface area contributed by atoms with Crippen molar-refractivity contribution in [3.05, 3.63) is 41.1 Å². The number of benzene rings is 1. The van der Waals surface area contributed by atoms with Gasteiger partial charge in [-0.3, -0.25) is 0 Å². The zero-order valence-corrected chi connectivity index (χ0v) is 10.6. The molecule has 0 atom stereocenters. The summed E-state index contributed by atoms with van der Waals surface area (Å²) in [6, 6.07) is 6.75. The second kappa shape index (κ2) is 5.11. The molecule has 0 bridgehead atoms. The highest BCUT2D eigenvalue weighted by Crippen LogP contribution is 2.27. The zero-order valence-electron chi connectivity index (χ0n) is 10.6. The van der Waals surface area contributed by atoms with Crippen LogP contribution in [0.1, 0.15) is 21.6 Å². The lowest BCUT2D eigenvalue weighted by Gasteiger charge is -2.07. The van der Waals surface area contributed by atoms with Crippen molar-refractivity contribution in [1.82, 2.24) is 9.78 Å². The number of rotatable bonds is 4. The van der Waals surface area contributed by atoms with E-state index in [1.807, 2.05) is 0 Å². The van der Waals surface area contributed by atoms with Crippen LogP contribution in [0.3, 0.4) is 0 Å². The summed E-state index contributed by atoms with van der Waals surface area (Å²) in [5, 5.41) is 22.1. The third-order valence-corrected chi connectivity index (χ3v) is 2.70. The highest BCUT2D eigenvalue weighted by Gasteiger charge is 2.21. The molecule has 1 aromatic carbocycles. The molecule has 0 aliphatic rings. The van der Waals surface area contributed by atoms with E-state index in [9.17, 15) is 4.79 Å². The van der Waals surface area contributed by atoms with Gasteiger partial charge in [-0.1, -0.05) is 12.1 Å². The van der Waals surface area contributed by atoms with Crippen molar-refractivity contribution in [3.8, 4) is 11.6 Å². The summed E-state index contributed by atoms with van der Waals surface area (Å²) in [4.78, 5) is 11.2. The molecule has 1 heterocycles.